The molecule has 1 fully saturated rings. The molecule has 0 radical (unpaired) electrons. The Morgan fingerprint density at radius 2 is 1.62 bits per heavy atom. The molecular weight excluding hydrogens is 322 g/mol. The number of hydrogen-bond donors (Lipinski definition) is 1. The first-order valence-electron chi connectivity index (χ1n) is 9.49. The lowest BCUT2D eigenvalue weighted by atomic mass is 10.0. The lowest BCUT2D eigenvalue weighted by Gasteiger charge is -2.34. The summed E-state index contributed by atoms with van der Waals surface area (Å²) in [6, 6.07) is 18.9. The van der Waals surface area contributed by atoms with Gasteiger partial charge in [-0.05, 0) is 29.2 Å². The van der Waals surface area contributed by atoms with Crippen molar-refractivity contribution in [2.24, 2.45) is 0 Å². The monoisotopic (exact) mass is 351 g/mol. The fourth-order valence-electron chi connectivity index (χ4n) is 3.27. The van der Waals surface area contributed by atoms with Gasteiger partial charge in [0.05, 0.1) is 6.54 Å². The molecule has 0 unspecified atom stereocenters. The van der Waals surface area contributed by atoms with Gasteiger partial charge in [0.25, 0.3) is 0 Å². The minimum Gasteiger partial charge on any atom is -0.376 e. The number of rotatable bonds is 6. The summed E-state index contributed by atoms with van der Waals surface area (Å²) in [4.78, 5) is 16.8. The summed E-state index contributed by atoms with van der Waals surface area (Å²) in [5.74, 6) is 0.704. The summed E-state index contributed by atoms with van der Waals surface area (Å²) in [6.45, 7) is 9.17. The number of anilines is 1. The van der Waals surface area contributed by atoms with Crippen LogP contribution in [0.15, 0.2) is 54.6 Å². The van der Waals surface area contributed by atoms with Crippen LogP contribution < -0.4 is 5.32 Å². The van der Waals surface area contributed by atoms with E-state index in [0.717, 1.165) is 38.4 Å². The van der Waals surface area contributed by atoms with Gasteiger partial charge in [-0.15, -0.1) is 0 Å². The van der Waals surface area contributed by atoms with Crippen LogP contribution in [-0.2, 0) is 11.3 Å². The molecule has 1 N–H and O–H groups in total. The topological polar surface area (TPSA) is 35.6 Å². The van der Waals surface area contributed by atoms with Crippen LogP contribution in [0.5, 0.6) is 0 Å². The zero-order chi connectivity index (χ0) is 18.4. The summed E-state index contributed by atoms with van der Waals surface area (Å²) in [5.41, 5.74) is 3.65. The van der Waals surface area contributed by atoms with E-state index in [1.54, 1.807) is 0 Å². The number of carbonyl (C=O) groups excluding carboxylic acids is 1. The van der Waals surface area contributed by atoms with Crippen LogP contribution in [0.4, 0.5) is 5.69 Å². The van der Waals surface area contributed by atoms with E-state index < -0.39 is 0 Å². The molecule has 26 heavy (non-hydrogen) atoms. The molecule has 0 spiro atoms. The van der Waals surface area contributed by atoms with E-state index in [4.69, 9.17) is 0 Å². The van der Waals surface area contributed by atoms with Crippen LogP contribution >= 0.6 is 0 Å². The van der Waals surface area contributed by atoms with E-state index in [-0.39, 0.29) is 5.91 Å². The van der Waals surface area contributed by atoms with Gasteiger partial charge in [-0.2, -0.15) is 0 Å². The molecule has 1 aliphatic rings. The molecule has 2 aromatic carbocycles. The van der Waals surface area contributed by atoms with Crippen molar-refractivity contribution in [3.05, 3.63) is 65.7 Å². The second-order valence-electron chi connectivity index (χ2n) is 7.27. The third-order valence-corrected chi connectivity index (χ3v) is 5.00. The summed E-state index contributed by atoms with van der Waals surface area (Å²) in [6.07, 6.45) is 0. The van der Waals surface area contributed by atoms with Crippen molar-refractivity contribution in [3.63, 3.8) is 0 Å². The van der Waals surface area contributed by atoms with E-state index in [1.165, 1.54) is 11.1 Å². The number of benzene rings is 2. The van der Waals surface area contributed by atoms with E-state index in [9.17, 15) is 4.79 Å². The zero-order valence-corrected chi connectivity index (χ0v) is 15.8. The van der Waals surface area contributed by atoms with Gasteiger partial charge in [-0.25, -0.2) is 0 Å². The summed E-state index contributed by atoms with van der Waals surface area (Å²) in [7, 11) is 0. The van der Waals surface area contributed by atoms with E-state index in [1.807, 2.05) is 11.0 Å². The van der Waals surface area contributed by atoms with Gasteiger partial charge in [0, 0.05) is 38.4 Å². The highest BCUT2D eigenvalue weighted by atomic mass is 16.2. The fourth-order valence-corrected chi connectivity index (χ4v) is 3.27. The van der Waals surface area contributed by atoms with Crippen LogP contribution in [0.3, 0.4) is 0 Å². The number of hydrogen-bond acceptors (Lipinski definition) is 3. The second-order valence-corrected chi connectivity index (χ2v) is 7.27. The molecule has 1 aliphatic heterocycles. The minimum absolute atomic E-state index is 0.178. The van der Waals surface area contributed by atoms with Gasteiger partial charge in [-0.1, -0.05) is 56.3 Å². The first kappa shape index (κ1) is 18.5. The Bertz CT molecular complexity index is 689. The second kappa shape index (κ2) is 8.86. The zero-order valence-electron chi connectivity index (χ0n) is 15.8. The normalized spacial score (nSPS) is 15.3. The van der Waals surface area contributed by atoms with Gasteiger partial charge in [0.2, 0.25) is 5.91 Å². The summed E-state index contributed by atoms with van der Waals surface area (Å²) < 4.78 is 0. The lowest BCUT2D eigenvalue weighted by molar-refractivity contribution is -0.131. The predicted molar refractivity (Wildman–Crippen MR) is 107 cm³/mol. The smallest absolute Gasteiger partial charge is 0.241 e. The van der Waals surface area contributed by atoms with Crippen LogP contribution in [0.25, 0.3) is 0 Å². The highest BCUT2D eigenvalue weighted by Crippen LogP contribution is 2.17. The molecule has 0 bridgehead atoms. The molecule has 4 nitrogen and oxygen atoms in total. The number of nitrogens with one attached hydrogen (secondary N) is 1. The minimum atomic E-state index is 0.178. The maximum atomic E-state index is 12.5. The van der Waals surface area contributed by atoms with Crippen molar-refractivity contribution in [2.75, 3.05) is 38.0 Å². The van der Waals surface area contributed by atoms with Crippen molar-refractivity contribution in [2.45, 2.75) is 26.3 Å². The van der Waals surface area contributed by atoms with Gasteiger partial charge in [0.15, 0.2) is 0 Å². The fraction of sp³-hybridized carbons (Fsp3) is 0.409. The van der Waals surface area contributed by atoms with Crippen LogP contribution in [-0.4, -0.2) is 48.4 Å². The van der Waals surface area contributed by atoms with Crippen molar-refractivity contribution in [1.29, 1.82) is 0 Å². The number of amides is 1. The SMILES string of the molecule is CC(C)c1ccc(NCC(=O)N2CCN(Cc3ccccc3)CC2)cc1. The van der Waals surface area contributed by atoms with Gasteiger partial charge >= 0.3 is 0 Å². The van der Waals surface area contributed by atoms with Gasteiger partial charge < -0.3 is 10.2 Å². The van der Waals surface area contributed by atoms with Gasteiger partial charge in [-0.3, -0.25) is 9.69 Å². The van der Waals surface area contributed by atoms with Crippen LogP contribution in [0, 0.1) is 0 Å². The Labute approximate surface area is 156 Å². The Morgan fingerprint density at radius 3 is 2.23 bits per heavy atom. The maximum absolute atomic E-state index is 12.5. The summed E-state index contributed by atoms with van der Waals surface area (Å²) in [5, 5.41) is 3.25. The number of carbonyl (C=O) groups is 1. The third-order valence-electron chi connectivity index (χ3n) is 5.00. The van der Waals surface area contributed by atoms with Crippen molar-refractivity contribution >= 4 is 11.6 Å². The van der Waals surface area contributed by atoms with E-state index in [2.05, 4.69) is 72.6 Å². The predicted octanol–water partition coefficient (Wildman–Crippen LogP) is 3.57. The first-order chi connectivity index (χ1) is 12.6. The molecule has 1 heterocycles. The molecule has 2 aromatic rings. The average Bonchev–Trinajstić information content (AvgIpc) is 2.68. The first-order valence-corrected chi connectivity index (χ1v) is 9.49. The molecule has 1 amide bonds. The van der Waals surface area contributed by atoms with Crippen molar-refractivity contribution in [1.82, 2.24) is 9.80 Å². The summed E-state index contributed by atoms with van der Waals surface area (Å²) >= 11 is 0. The maximum Gasteiger partial charge on any atom is 0.241 e. The third kappa shape index (κ3) is 5.09. The Hall–Kier alpha value is -2.33. The van der Waals surface area contributed by atoms with Crippen LogP contribution in [0.2, 0.25) is 0 Å². The van der Waals surface area contributed by atoms with Gasteiger partial charge in [0.1, 0.15) is 0 Å². The molecule has 3 rings (SSSR count). The molecule has 0 aromatic heterocycles. The number of piperazine rings is 1. The highest BCUT2D eigenvalue weighted by molar-refractivity contribution is 5.81. The number of nitrogens with zero attached hydrogens (tertiary/aromatic N) is 2. The van der Waals surface area contributed by atoms with Crippen LogP contribution in [0.1, 0.15) is 30.9 Å². The molecule has 0 aliphatic carbocycles. The molecule has 1 saturated heterocycles. The standard InChI is InChI=1S/C22H29N3O/c1-18(2)20-8-10-21(11-9-20)23-16-22(26)25-14-12-24(13-15-25)17-19-6-4-3-5-7-19/h3-11,18,23H,12-17H2,1-2H3. The van der Waals surface area contributed by atoms with E-state index in [0.29, 0.717) is 12.5 Å². The quantitative estimate of drug-likeness (QED) is 0.864. The largest absolute Gasteiger partial charge is 0.376 e. The highest BCUT2D eigenvalue weighted by Gasteiger charge is 2.20. The Balaban J connectivity index is 1.42. The Morgan fingerprint density at radius 1 is 0.962 bits per heavy atom. The van der Waals surface area contributed by atoms with Crippen molar-refractivity contribution in [3.8, 4) is 0 Å². The Kier molecular flexibility index (Phi) is 6.29. The molecule has 0 saturated carbocycles. The van der Waals surface area contributed by atoms with Crippen molar-refractivity contribution < 1.29 is 4.79 Å². The molecule has 138 valence electrons. The van der Waals surface area contributed by atoms with E-state index >= 15 is 0 Å². The lowest BCUT2D eigenvalue weighted by Crippen LogP contribution is -2.49. The molecular formula is C22H29N3O. The molecule has 0 atom stereocenters. The molecule has 4 heteroatoms. The average molecular weight is 351 g/mol.